The Morgan fingerprint density at radius 1 is 1.42 bits per heavy atom. The highest BCUT2D eigenvalue weighted by Gasteiger charge is 2.13. The van der Waals surface area contributed by atoms with Gasteiger partial charge in [-0.25, -0.2) is 0 Å². The minimum absolute atomic E-state index is 0.128. The maximum Gasteiger partial charge on any atom is 0.274 e. The summed E-state index contributed by atoms with van der Waals surface area (Å²) < 4.78 is 6.44. The molecule has 0 saturated heterocycles. The van der Waals surface area contributed by atoms with Gasteiger partial charge in [0.1, 0.15) is 11.4 Å². The molecule has 0 unspecified atom stereocenters. The number of H-pyrrole nitrogens is 1. The van der Waals surface area contributed by atoms with Crippen LogP contribution in [0.4, 0.5) is 0 Å². The summed E-state index contributed by atoms with van der Waals surface area (Å²) in [6.07, 6.45) is 1.64. The molecule has 0 saturated carbocycles. The van der Waals surface area contributed by atoms with Crippen molar-refractivity contribution in [3.05, 3.63) is 51.4 Å². The molecule has 2 aromatic heterocycles. The molecule has 124 valence electrons. The number of likely N-dealkylation sites (N-methyl/N-ethyl adjacent to an activating group) is 1. The van der Waals surface area contributed by atoms with E-state index in [0.717, 1.165) is 5.56 Å². The fourth-order valence-electron chi connectivity index (χ4n) is 2.40. The summed E-state index contributed by atoms with van der Waals surface area (Å²) in [6, 6.07) is 6.65. The first-order valence-corrected chi connectivity index (χ1v) is 7.55. The van der Waals surface area contributed by atoms with Gasteiger partial charge in [-0.05, 0) is 12.1 Å². The lowest BCUT2D eigenvalue weighted by molar-refractivity contribution is -0.119. The van der Waals surface area contributed by atoms with Crippen molar-refractivity contribution in [3.63, 3.8) is 0 Å². The molecule has 0 bridgehead atoms. The van der Waals surface area contributed by atoms with Gasteiger partial charge in [-0.3, -0.25) is 9.59 Å². The molecule has 3 rings (SSSR count). The standard InChI is InChI=1S/C16H15ClN4O3/c1-18-14(22)6-10-8-19-21-15(23)7-12(20-16(10)21)9-3-4-11(17)13(5-9)24-2/h3-5,7-8,20H,6H2,1-2H3,(H,18,22). The van der Waals surface area contributed by atoms with Crippen LogP contribution in [-0.2, 0) is 11.2 Å². The number of benzene rings is 1. The predicted molar refractivity (Wildman–Crippen MR) is 90.6 cm³/mol. The number of hydrogen-bond acceptors (Lipinski definition) is 4. The zero-order chi connectivity index (χ0) is 17.3. The smallest absolute Gasteiger partial charge is 0.274 e. The highest BCUT2D eigenvalue weighted by molar-refractivity contribution is 6.32. The minimum atomic E-state index is -0.296. The lowest BCUT2D eigenvalue weighted by atomic mass is 10.1. The molecule has 24 heavy (non-hydrogen) atoms. The molecule has 1 amide bonds. The van der Waals surface area contributed by atoms with Gasteiger partial charge in [0.15, 0.2) is 0 Å². The number of ether oxygens (including phenoxy) is 1. The first-order valence-electron chi connectivity index (χ1n) is 7.18. The van der Waals surface area contributed by atoms with Crippen molar-refractivity contribution in [3.8, 4) is 17.0 Å². The molecular weight excluding hydrogens is 332 g/mol. The summed E-state index contributed by atoms with van der Waals surface area (Å²) in [6.45, 7) is 0. The zero-order valence-electron chi connectivity index (χ0n) is 13.1. The van der Waals surface area contributed by atoms with Gasteiger partial charge in [0.25, 0.3) is 5.56 Å². The summed E-state index contributed by atoms with van der Waals surface area (Å²) in [4.78, 5) is 27.1. The maximum atomic E-state index is 12.3. The number of nitrogens with zero attached hydrogens (tertiary/aromatic N) is 2. The molecule has 1 aromatic carbocycles. The van der Waals surface area contributed by atoms with E-state index >= 15 is 0 Å². The van der Waals surface area contributed by atoms with E-state index in [2.05, 4.69) is 15.4 Å². The lowest BCUT2D eigenvalue weighted by Gasteiger charge is -2.08. The van der Waals surface area contributed by atoms with Crippen LogP contribution in [0.3, 0.4) is 0 Å². The second-order valence-corrected chi connectivity index (χ2v) is 5.56. The first kappa shape index (κ1) is 16.1. The number of aromatic amines is 1. The Bertz CT molecular complexity index is 977. The van der Waals surface area contributed by atoms with Gasteiger partial charge < -0.3 is 15.0 Å². The van der Waals surface area contributed by atoms with Crippen LogP contribution >= 0.6 is 11.6 Å². The summed E-state index contributed by atoms with van der Waals surface area (Å²) in [5.41, 5.74) is 2.14. The molecule has 0 fully saturated rings. The van der Waals surface area contributed by atoms with E-state index in [0.29, 0.717) is 27.7 Å². The topological polar surface area (TPSA) is 88.5 Å². The van der Waals surface area contributed by atoms with E-state index in [1.165, 1.54) is 23.9 Å². The fraction of sp³-hybridized carbons (Fsp3) is 0.188. The average Bonchev–Trinajstić information content (AvgIpc) is 2.98. The Hall–Kier alpha value is -2.80. The summed E-state index contributed by atoms with van der Waals surface area (Å²) >= 11 is 6.04. The van der Waals surface area contributed by atoms with E-state index in [1.807, 2.05) is 0 Å². The van der Waals surface area contributed by atoms with Crippen molar-refractivity contribution < 1.29 is 9.53 Å². The van der Waals surface area contributed by atoms with E-state index < -0.39 is 0 Å². The Labute approximate surface area is 142 Å². The third-order valence-corrected chi connectivity index (χ3v) is 3.98. The van der Waals surface area contributed by atoms with Crippen LogP contribution in [-0.4, -0.2) is 34.7 Å². The van der Waals surface area contributed by atoms with Crippen LogP contribution in [0.15, 0.2) is 35.3 Å². The third kappa shape index (κ3) is 2.85. The molecule has 0 spiro atoms. The quantitative estimate of drug-likeness (QED) is 0.751. The summed E-state index contributed by atoms with van der Waals surface area (Å²) in [5.74, 6) is 0.346. The molecule has 0 aliphatic rings. The Morgan fingerprint density at radius 2 is 2.21 bits per heavy atom. The van der Waals surface area contributed by atoms with Crippen LogP contribution in [0, 0.1) is 0 Å². The van der Waals surface area contributed by atoms with Gasteiger partial charge in [0.2, 0.25) is 5.91 Å². The van der Waals surface area contributed by atoms with Gasteiger partial charge in [0, 0.05) is 24.2 Å². The molecule has 0 atom stereocenters. The van der Waals surface area contributed by atoms with Crippen LogP contribution in [0.5, 0.6) is 5.75 Å². The van der Waals surface area contributed by atoms with Crippen molar-refractivity contribution >= 4 is 23.2 Å². The van der Waals surface area contributed by atoms with Crippen molar-refractivity contribution in [1.82, 2.24) is 19.9 Å². The van der Waals surface area contributed by atoms with Gasteiger partial charge in [0.05, 0.1) is 30.4 Å². The van der Waals surface area contributed by atoms with Gasteiger partial charge in [-0.15, -0.1) is 0 Å². The molecular formula is C16H15ClN4O3. The summed E-state index contributed by atoms with van der Waals surface area (Å²) in [7, 11) is 3.08. The lowest BCUT2D eigenvalue weighted by Crippen LogP contribution is -2.20. The molecule has 0 aliphatic heterocycles. The van der Waals surface area contributed by atoms with Crippen LogP contribution < -0.4 is 15.6 Å². The van der Waals surface area contributed by atoms with E-state index in [4.69, 9.17) is 16.3 Å². The zero-order valence-corrected chi connectivity index (χ0v) is 13.8. The number of methoxy groups -OCH3 is 1. The van der Waals surface area contributed by atoms with E-state index in [1.54, 1.807) is 25.2 Å². The monoisotopic (exact) mass is 346 g/mol. The third-order valence-electron chi connectivity index (χ3n) is 3.67. The Morgan fingerprint density at radius 3 is 2.92 bits per heavy atom. The highest BCUT2D eigenvalue weighted by atomic mass is 35.5. The second-order valence-electron chi connectivity index (χ2n) is 5.15. The predicted octanol–water partition coefficient (Wildman–Crippen LogP) is 1.64. The van der Waals surface area contributed by atoms with Crippen molar-refractivity contribution in [1.29, 1.82) is 0 Å². The minimum Gasteiger partial charge on any atom is -0.495 e. The first-order chi connectivity index (χ1) is 11.5. The van der Waals surface area contributed by atoms with Crippen LogP contribution in [0.2, 0.25) is 5.02 Å². The van der Waals surface area contributed by atoms with Gasteiger partial charge in [-0.1, -0.05) is 17.7 Å². The van der Waals surface area contributed by atoms with Crippen LogP contribution in [0.25, 0.3) is 16.9 Å². The van der Waals surface area contributed by atoms with Gasteiger partial charge >= 0.3 is 0 Å². The molecule has 8 heteroatoms. The molecule has 7 nitrogen and oxygen atoms in total. The highest BCUT2D eigenvalue weighted by Crippen LogP contribution is 2.29. The van der Waals surface area contributed by atoms with E-state index in [9.17, 15) is 9.59 Å². The number of nitrogens with one attached hydrogen (secondary N) is 2. The number of rotatable bonds is 4. The number of hydrogen-bond donors (Lipinski definition) is 2. The van der Waals surface area contributed by atoms with E-state index in [-0.39, 0.29) is 17.9 Å². The SMILES string of the molecule is CNC(=O)Cc1cnn2c(=O)cc(-c3ccc(Cl)c(OC)c3)[nH]c12. The average molecular weight is 347 g/mol. The second kappa shape index (κ2) is 6.37. The van der Waals surface area contributed by atoms with Crippen molar-refractivity contribution in [2.24, 2.45) is 0 Å². The van der Waals surface area contributed by atoms with Crippen molar-refractivity contribution in [2.75, 3.05) is 14.2 Å². The number of fused-ring (bicyclic) bond motifs is 1. The number of amides is 1. The molecule has 0 aliphatic carbocycles. The largest absolute Gasteiger partial charge is 0.495 e. The maximum absolute atomic E-state index is 12.3. The number of aromatic nitrogens is 3. The van der Waals surface area contributed by atoms with Gasteiger partial charge in [-0.2, -0.15) is 9.61 Å². The van der Waals surface area contributed by atoms with Crippen LogP contribution in [0.1, 0.15) is 5.56 Å². The number of carbonyl (C=O) groups is 1. The fourth-order valence-corrected chi connectivity index (χ4v) is 2.60. The Kier molecular flexibility index (Phi) is 4.26. The molecule has 2 heterocycles. The number of halogens is 1. The number of carbonyl (C=O) groups excluding carboxylic acids is 1. The van der Waals surface area contributed by atoms with Crippen molar-refractivity contribution in [2.45, 2.75) is 6.42 Å². The molecule has 2 N–H and O–H groups in total. The molecule has 0 radical (unpaired) electrons. The Balaban J connectivity index is 2.14. The summed E-state index contributed by atoms with van der Waals surface area (Å²) in [5, 5.41) is 7.07. The normalized spacial score (nSPS) is 10.8. The molecule has 3 aromatic rings.